The molecule has 0 spiro atoms. The fourth-order valence-electron chi connectivity index (χ4n) is 1.88. The van der Waals surface area contributed by atoms with Gasteiger partial charge < -0.3 is 5.32 Å². The smallest absolute Gasteiger partial charge is 0.226 e. The van der Waals surface area contributed by atoms with Crippen LogP contribution in [0.1, 0.15) is 29.1 Å². The van der Waals surface area contributed by atoms with Crippen molar-refractivity contribution in [1.29, 1.82) is 0 Å². The van der Waals surface area contributed by atoms with E-state index in [2.05, 4.69) is 29.4 Å². The molecule has 1 N–H and O–H groups in total. The van der Waals surface area contributed by atoms with E-state index in [1.165, 1.54) is 5.56 Å². The van der Waals surface area contributed by atoms with Gasteiger partial charge in [0.1, 0.15) is 0 Å². The summed E-state index contributed by atoms with van der Waals surface area (Å²) in [5.74, 6) is 0.357. The molecule has 4 heteroatoms. The lowest BCUT2D eigenvalue weighted by atomic mass is 10.0. The molecule has 0 aliphatic carbocycles. The number of nitrogens with zero attached hydrogens (tertiary/aromatic N) is 1. The molecule has 0 aliphatic rings. The lowest BCUT2D eigenvalue weighted by Gasteiger charge is -2.12. The predicted octanol–water partition coefficient (Wildman–Crippen LogP) is 2.91. The summed E-state index contributed by atoms with van der Waals surface area (Å²) in [5, 5.41) is 5.90. The summed E-state index contributed by atoms with van der Waals surface area (Å²) in [5.41, 5.74) is 2.10. The zero-order valence-corrected chi connectivity index (χ0v) is 12.0. The topological polar surface area (TPSA) is 42.0 Å². The molecule has 1 unspecified atom stereocenters. The van der Waals surface area contributed by atoms with Gasteiger partial charge in [-0.3, -0.25) is 4.79 Å². The highest BCUT2D eigenvalue weighted by atomic mass is 32.1. The number of aryl methyl sites for hydroxylation is 1. The van der Waals surface area contributed by atoms with Gasteiger partial charge in [-0.05, 0) is 18.4 Å². The summed E-state index contributed by atoms with van der Waals surface area (Å²) in [6.07, 6.45) is 0.367. The van der Waals surface area contributed by atoms with Gasteiger partial charge >= 0.3 is 0 Å². The summed E-state index contributed by atoms with van der Waals surface area (Å²) in [6, 6.07) is 10.2. The average Bonchev–Trinajstić information content (AvgIpc) is 2.82. The number of amides is 1. The highest BCUT2D eigenvalue weighted by Gasteiger charge is 2.09. The minimum absolute atomic E-state index is 0.0353. The van der Waals surface area contributed by atoms with Crippen LogP contribution >= 0.6 is 11.3 Å². The number of hydrogen-bond acceptors (Lipinski definition) is 3. The van der Waals surface area contributed by atoms with E-state index in [0.717, 1.165) is 10.7 Å². The van der Waals surface area contributed by atoms with Gasteiger partial charge in [0.25, 0.3) is 0 Å². The number of carbonyl (C=O) groups is 1. The van der Waals surface area contributed by atoms with E-state index in [9.17, 15) is 4.79 Å². The zero-order chi connectivity index (χ0) is 13.7. The molecular weight excluding hydrogens is 256 g/mol. The average molecular weight is 274 g/mol. The Morgan fingerprint density at radius 1 is 1.37 bits per heavy atom. The van der Waals surface area contributed by atoms with Crippen LogP contribution in [0, 0.1) is 6.92 Å². The first-order valence-corrected chi connectivity index (χ1v) is 7.26. The van der Waals surface area contributed by atoms with E-state index in [-0.39, 0.29) is 5.91 Å². The Bertz CT molecular complexity index is 536. The minimum atomic E-state index is 0.0353. The Balaban J connectivity index is 1.80. The van der Waals surface area contributed by atoms with Crippen molar-refractivity contribution in [2.45, 2.75) is 26.2 Å². The number of thiazole rings is 1. The SMILES string of the molecule is Cc1nc(CC(=O)NCC(C)c2ccccc2)cs1. The fraction of sp³-hybridized carbons (Fsp3) is 0.333. The lowest BCUT2D eigenvalue weighted by molar-refractivity contribution is -0.120. The van der Waals surface area contributed by atoms with Crippen molar-refractivity contribution in [3.63, 3.8) is 0 Å². The van der Waals surface area contributed by atoms with Crippen LogP contribution in [0.25, 0.3) is 0 Å². The summed E-state index contributed by atoms with van der Waals surface area (Å²) in [6.45, 7) is 4.72. The number of hydrogen-bond donors (Lipinski definition) is 1. The molecule has 0 saturated heterocycles. The minimum Gasteiger partial charge on any atom is -0.355 e. The van der Waals surface area contributed by atoms with Crippen LogP contribution in [0.4, 0.5) is 0 Å². The molecule has 0 saturated carbocycles. The Morgan fingerprint density at radius 3 is 2.74 bits per heavy atom. The molecule has 1 atom stereocenters. The second-order valence-corrected chi connectivity index (χ2v) is 5.71. The zero-order valence-electron chi connectivity index (χ0n) is 11.2. The number of nitrogens with one attached hydrogen (secondary N) is 1. The molecular formula is C15H18N2OS. The standard InChI is InChI=1S/C15H18N2OS/c1-11(13-6-4-3-5-7-13)9-16-15(18)8-14-10-19-12(2)17-14/h3-7,10-11H,8-9H2,1-2H3,(H,16,18). The predicted molar refractivity (Wildman–Crippen MR) is 78.4 cm³/mol. The highest BCUT2D eigenvalue weighted by molar-refractivity contribution is 7.09. The van der Waals surface area contributed by atoms with Crippen LogP contribution in [-0.4, -0.2) is 17.4 Å². The van der Waals surface area contributed by atoms with Gasteiger partial charge in [-0.1, -0.05) is 37.3 Å². The van der Waals surface area contributed by atoms with Crippen molar-refractivity contribution >= 4 is 17.2 Å². The van der Waals surface area contributed by atoms with Crippen molar-refractivity contribution < 1.29 is 4.79 Å². The second-order valence-electron chi connectivity index (χ2n) is 4.65. The fourth-order valence-corrected chi connectivity index (χ4v) is 2.50. The Kier molecular flexibility index (Phi) is 4.68. The largest absolute Gasteiger partial charge is 0.355 e. The van der Waals surface area contributed by atoms with Gasteiger partial charge in [-0.2, -0.15) is 0 Å². The first-order valence-electron chi connectivity index (χ1n) is 6.38. The lowest BCUT2D eigenvalue weighted by Crippen LogP contribution is -2.29. The second kappa shape index (κ2) is 6.48. The molecule has 0 aliphatic heterocycles. The van der Waals surface area contributed by atoms with Crippen molar-refractivity contribution in [1.82, 2.24) is 10.3 Å². The van der Waals surface area contributed by atoms with Gasteiger partial charge in [-0.15, -0.1) is 11.3 Å². The molecule has 0 radical (unpaired) electrons. The Labute approximate surface area is 117 Å². The normalized spacial score (nSPS) is 12.1. The molecule has 2 rings (SSSR count). The maximum atomic E-state index is 11.8. The quantitative estimate of drug-likeness (QED) is 0.911. The van der Waals surface area contributed by atoms with Crippen molar-refractivity contribution in [2.24, 2.45) is 0 Å². The molecule has 2 aromatic rings. The Hall–Kier alpha value is -1.68. The van der Waals surface area contributed by atoms with Gasteiger partial charge in [-0.25, -0.2) is 4.98 Å². The van der Waals surface area contributed by atoms with Crippen molar-refractivity contribution in [3.8, 4) is 0 Å². The van der Waals surface area contributed by atoms with Crippen molar-refractivity contribution in [3.05, 3.63) is 52.0 Å². The van der Waals surface area contributed by atoms with Crippen LogP contribution < -0.4 is 5.32 Å². The Morgan fingerprint density at radius 2 is 2.11 bits per heavy atom. The van der Waals surface area contributed by atoms with Crippen LogP contribution in [-0.2, 0) is 11.2 Å². The number of rotatable bonds is 5. The van der Waals surface area contributed by atoms with Gasteiger partial charge in [0.05, 0.1) is 17.1 Å². The third kappa shape index (κ3) is 4.17. The molecule has 0 fully saturated rings. The van der Waals surface area contributed by atoms with E-state index in [1.807, 2.05) is 30.5 Å². The third-order valence-electron chi connectivity index (χ3n) is 2.98. The maximum absolute atomic E-state index is 11.8. The van der Waals surface area contributed by atoms with Crippen molar-refractivity contribution in [2.75, 3.05) is 6.54 Å². The van der Waals surface area contributed by atoms with E-state index in [4.69, 9.17) is 0 Å². The van der Waals surface area contributed by atoms with Gasteiger partial charge in [0.15, 0.2) is 0 Å². The molecule has 1 aromatic carbocycles. The highest BCUT2D eigenvalue weighted by Crippen LogP contribution is 2.13. The van der Waals surface area contributed by atoms with E-state index in [0.29, 0.717) is 18.9 Å². The third-order valence-corrected chi connectivity index (χ3v) is 3.80. The summed E-state index contributed by atoms with van der Waals surface area (Å²) < 4.78 is 0. The van der Waals surface area contributed by atoms with Crippen LogP contribution in [0.5, 0.6) is 0 Å². The molecule has 1 aromatic heterocycles. The van der Waals surface area contributed by atoms with E-state index >= 15 is 0 Å². The van der Waals surface area contributed by atoms with Crippen LogP contribution in [0.3, 0.4) is 0 Å². The first kappa shape index (κ1) is 13.7. The molecule has 19 heavy (non-hydrogen) atoms. The van der Waals surface area contributed by atoms with Gasteiger partial charge in [0, 0.05) is 11.9 Å². The molecule has 1 heterocycles. The summed E-state index contributed by atoms with van der Waals surface area (Å²) in [4.78, 5) is 16.1. The summed E-state index contributed by atoms with van der Waals surface area (Å²) in [7, 11) is 0. The molecule has 0 bridgehead atoms. The van der Waals surface area contributed by atoms with E-state index in [1.54, 1.807) is 11.3 Å². The van der Waals surface area contributed by atoms with Gasteiger partial charge in [0.2, 0.25) is 5.91 Å². The monoisotopic (exact) mass is 274 g/mol. The number of benzene rings is 1. The molecule has 1 amide bonds. The van der Waals surface area contributed by atoms with E-state index < -0.39 is 0 Å². The maximum Gasteiger partial charge on any atom is 0.226 e. The van der Waals surface area contributed by atoms with Crippen LogP contribution in [0.2, 0.25) is 0 Å². The molecule has 3 nitrogen and oxygen atoms in total. The number of carbonyl (C=O) groups excluding carboxylic acids is 1. The van der Waals surface area contributed by atoms with Crippen LogP contribution in [0.15, 0.2) is 35.7 Å². The number of aromatic nitrogens is 1. The summed E-state index contributed by atoms with van der Waals surface area (Å²) >= 11 is 1.58. The molecule has 100 valence electrons. The first-order chi connectivity index (χ1) is 9.15.